The molecule has 0 spiro atoms. The van der Waals surface area contributed by atoms with E-state index in [1.807, 2.05) is 13.8 Å². The van der Waals surface area contributed by atoms with Crippen molar-refractivity contribution in [3.63, 3.8) is 0 Å². The van der Waals surface area contributed by atoms with Gasteiger partial charge in [0.1, 0.15) is 12.3 Å². The van der Waals surface area contributed by atoms with Gasteiger partial charge in [0.2, 0.25) is 5.91 Å². The highest BCUT2D eigenvalue weighted by Crippen LogP contribution is 2.19. The molecule has 1 heterocycles. The zero-order valence-corrected chi connectivity index (χ0v) is 11.9. The third kappa shape index (κ3) is 3.76. The van der Waals surface area contributed by atoms with E-state index in [1.165, 1.54) is 0 Å². The second kappa shape index (κ2) is 5.98. The molecular formula is C14H21N3O3. The first-order valence-electron chi connectivity index (χ1n) is 6.91. The molecule has 1 fully saturated rings. The van der Waals surface area contributed by atoms with Gasteiger partial charge in [-0.3, -0.25) is 4.79 Å². The average molecular weight is 279 g/mol. The fourth-order valence-electron chi connectivity index (χ4n) is 1.93. The Bertz CT molecular complexity index is 504. The summed E-state index contributed by atoms with van der Waals surface area (Å²) in [6.07, 6.45) is 4.00. The lowest BCUT2D eigenvalue weighted by Crippen LogP contribution is -2.27. The van der Waals surface area contributed by atoms with Gasteiger partial charge in [-0.15, -0.1) is 0 Å². The van der Waals surface area contributed by atoms with Gasteiger partial charge < -0.3 is 20.4 Å². The van der Waals surface area contributed by atoms with Gasteiger partial charge >= 0.3 is 5.97 Å². The standard InChI is InChI=1S/C14H21N3O3/c1-9(2)17-8-10(15)7-12(17)14(19)20-6-5-13(18)16-11-3-4-11/h7-9,11H,3-6,15H2,1-2H3,(H,16,18). The van der Waals surface area contributed by atoms with Crippen LogP contribution in [0.3, 0.4) is 0 Å². The van der Waals surface area contributed by atoms with Crippen molar-refractivity contribution in [1.82, 2.24) is 9.88 Å². The van der Waals surface area contributed by atoms with Crippen LogP contribution in [0.4, 0.5) is 5.69 Å². The summed E-state index contributed by atoms with van der Waals surface area (Å²) in [6.45, 7) is 4.00. The number of hydrogen-bond acceptors (Lipinski definition) is 4. The Hall–Kier alpha value is -1.98. The minimum absolute atomic E-state index is 0.0703. The first-order valence-corrected chi connectivity index (χ1v) is 6.91. The van der Waals surface area contributed by atoms with Crippen LogP contribution in [-0.2, 0) is 9.53 Å². The van der Waals surface area contributed by atoms with Gasteiger partial charge in [0.15, 0.2) is 0 Å². The van der Waals surface area contributed by atoms with Gasteiger partial charge in [-0.1, -0.05) is 0 Å². The molecule has 1 aliphatic rings. The van der Waals surface area contributed by atoms with Crippen LogP contribution in [0.2, 0.25) is 0 Å². The Morgan fingerprint density at radius 1 is 1.50 bits per heavy atom. The summed E-state index contributed by atoms with van der Waals surface area (Å²) in [7, 11) is 0. The number of aromatic nitrogens is 1. The smallest absolute Gasteiger partial charge is 0.355 e. The fourth-order valence-corrected chi connectivity index (χ4v) is 1.93. The molecule has 0 radical (unpaired) electrons. The molecule has 1 saturated carbocycles. The third-order valence-electron chi connectivity index (χ3n) is 3.14. The Morgan fingerprint density at radius 3 is 2.80 bits per heavy atom. The number of amides is 1. The monoisotopic (exact) mass is 279 g/mol. The van der Waals surface area contributed by atoms with Crippen LogP contribution in [0.5, 0.6) is 0 Å². The molecule has 0 unspecified atom stereocenters. The molecule has 6 heteroatoms. The van der Waals surface area contributed by atoms with E-state index in [9.17, 15) is 9.59 Å². The normalized spacial score (nSPS) is 14.3. The fraction of sp³-hybridized carbons (Fsp3) is 0.571. The zero-order chi connectivity index (χ0) is 14.7. The average Bonchev–Trinajstić information content (AvgIpc) is 3.08. The van der Waals surface area contributed by atoms with E-state index < -0.39 is 5.97 Å². The van der Waals surface area contributed by atoms with Gasteiger partial charge in [-0.05, 0) is 32.8 Å². The van der Waals surface area contributed by atoms with Gasteiger partial charge in [0, 0.05) is 18.3 Å². The van der Waals surface area contributed by atoms with Crippen LogP contribution in [0.15, 0.2) is 12.3 Å². The van der Waals surface area contributed by atoms with Crippen LogP contribution in [0.1, 0.15) is 49.6 Å². The number of nitrogens with two attached hydrogens (primary N) is 1. The zero-order valence-electron chi connectivity index (χ0n) is 11.9. The van der Waals surface area contributed by atoms with Crippen molar-refractivity contribution in [1.29, 1.82) is 0 Å². The molecular weight excluding hydrogens is 258 g/mol. The van der Waals surface area contributed by atoms with Crippen LogP contribution in [0.25, 0.3) is 0 Å². The lowest BCUT2D eigenvalue weighted by molar-refractivity contribution is -0.121. The van der Waals surface area contributed by atoms with Gasteiger partial charge in [-0.2, -0.15) is 0 Å². The summed E-state index contributed by atoms with van der Waals surface area (Å²) < 4.78 is 6.89. The third-order valence-corrected chi connectivity index (χ3v) is 3.14. The highest BCUT2D eigenvalue weighted by molar-refractivity contribution is 5.89. The number of carbonyl (C=O) groups excluding carboxylic acids is 2. The molecule has 0 atom stereocenters. The Labute approximate surface area is 118 Å². The van der Waals surface area contributed by atoms with E-state index in [2.05, 4.69) is 5.32 Å². The van der Waals surface area contributed by atoms with Crippen molar-refractivity contribution in [3.05, 3.63) is 18.0 Å². The highest BCUT2D eigenvalue weighted by atomic mass is 16.5. The maximum Gasteiger partial charge on any atom is 0.355 e. The van der Waals surface area contributed by atoms with E-state index in [0.717, 1.165) is 12.8 Å². The first kappa shape index (κ1) is 14.4. The molecule has 110 valence electrons. The molecule has 1 aromatic heterocycles. The van der Waals surface area contributed by atoms with E-state index >= 15 is 0 Å². The summed E-state index contributed by atoms with van der Waals surface area (Å²) in [5, 5.41) is 2.85. The molecule has 1 amide bonds. The number of hydrogen-bond donors (Lipinski definition) is 2. The lowest BCUT2D eigenvalue weighted by Gasteiger charge is -2.12. The Kier molecular flexibility index (Phi) is 4.32. The highest BCUT2D eigenvalue weighted by Gasteiger charge is 2.23. The molecule has 2 rings (SSSR count). The van der Waals surface area contributed by atoms with Crippen LogP contribution < -0.4 is 11.1 Å². The topological polar surface area (TPSA) is 86.3 Å². The number of rotatable bonds is 6. The second-order valence-corrected chi connectivity index (χ2v) is 5.39. The molecule has 3 N–H and O–H groups in total. The summed E-state index contributed by atoms with van der Waals surface area (Å²) in [4.78, 5) is 23.4. The van der Waals surface area contributed by atoms with Crippen LogP contribution in [0, 0.1) is 0 Å². The summed E-state index contributed by atoms with van der Waals surface area (Å²) in [5.41, 5.74) is 6.64. The van der Waals surface area contributed by atoms with Crippen molar-refractivity contribution in [2.24, 2.45) is 0 Å². The Morgan fingerprint density at radius 2 is 2.20 bits per heavy atom. The summed E-state index contributed by atoms with van der Waals surface area (Å²) in [5.74, 6) is -0.520. The molecule has 0 bridgehead atoms. The maximum atomic E-state index is 12.0. The first-order chi connectivity index (χ1) is 9.47. The number of esters is 1. The quantitative estimate of drug-likeness (QED) is 0.772. The number of carbonyl (C=O) groups is 2. The van der Waals surface area contributed by atoms with Crippen molar-refractivity contribution < 1.29 is 14.3 Å². The summed E-state index contributed by atoms with van der Waals surface area (Å²) in [6, 6.07) is 2.04. The SMILES string of the molecule is CC(C)n1cc(N)cc1C(=O)OCCC(=O)NC1CC1. The lowest BCUT2D eigenvalue weighted by atomic mass is 10.3. The molecule has 0 aromatic carbocycles. The minimum atomic E-state index is -0.449. The molecule has 1 aliphatic carbocycles. The number of nitrogen functional groups attached to an aromatic ring is 1. The van der Waals surface area contributed by atoms with E-state index in [0.29, 0.717) is 17.4 Å². The maximum absolute atomic E-state index is 12.0. The van der Waals surface area contributed by atoms with Crippen LogP contribution >= 0.6 is 0 Å². The molecule has 6 nitrogen and oxygen atoms in total. The van der Waals surface area contributed by atoms with Crippen LogP contribution in [-0.4, -0.2) is 29.1 Å². The predicted molar refractivity (Wildman–Crippen MR) is 75.3 cm³/mol. The van der Waals surface area contributed by atoms with Crippen molar-refractivity contribution in [3.8, 4) is 0 Å². The molecule has 0 aliphatic heterocycles. The second-order valence-electron chi connectivity index (χ2n) is 5.39. The van der Waals surface area contributed by atoms with Gasteiger partial charge in [-0.25, -0.2) is 4.79 Å². The molecule has 0 saturated heterocycles. The largest absolute Gasteiger partial charge is 0.460 e. The van der Waals surface area contributed by atoms with E-state index in [4.69, 9.17) is 10.5 Å². The number of ether oxygens (including phenoxy) is 1. The molecule has 20 heavy (non-hydrogen) atoms. The summed E-state index contributed by atoms with van der Waals surface area (Å²) >= 11 is 0. The number of anilines is 1. The number of nitrogens with zero attached hydrogens (tertiary/aromatic N) is 1. The molecule has 1 aromatic rings. The predicted octanol–water partition coefficient (Wildman–Crippen LogP) is 1.48. The Balaban J connectivity index is 1.83. The van der Waals surface area contributed by atoms with Gasteiger partial charge in [0.05, 0.1) is 12.1 Å². The van der Waals surface area contributed by atoms with E-state index in [1.54, 1.807) is 16.8 Å². The number of nitrogens with one attached hydrogen (secondary N) is 1. The van der Waals surface area contributed by atoms with Crippen molar-refractivity contribution >= 4 is 17.6 Å². The van der Waals surface area contributed by atoms with Gasteiger partial charge in [0.25, 0.3) is 0 Å². The van der Waals surface area contributed by atoms with Crippen molar-refractivity contribution in [2.75, 3.05) is 12.3 Å². The minimum Gasteiger partial charge on any atom is -0.460 e. The van der Waals surface area contributed by atoms with Crippen molar-refractivity contribution in [2.45, 2.75) is 45.2 Å². The van der Waals surface area contributed by atoms with E-state index in [-0.39, 0.29) is 25.0 Å².